The van der Waals surface area contributed by atoms with Gasteiger partial charge in [-0.25, -0.2) is 0 Å². The van der Waals surface area contributed by atoms with Crippen molar-refractivity contribution in [1.82, 2.24) is 0 Å². The van der Waals surface area contributed by atoms with Crippen molar-refractivity contribution in [3.63, 3.8) is 0 Å². The average Bonchev–Trinajstić information content (AvgIpc) is 3.03. The number of nitrogens with zero attached hydrogens (tertiary/aromatic N) is 1. The smallest absolute Gasteiger partial charge is 0.229 e. The topological polar surface area (TPSA) is 78.5 Å². The summed E-state index contributed by atoms with van der Waals surface area (Å²) < 4.78 is 0. The Labute approximate surface area is 162 Å². The third-order valence-electron chi connectivity index (χ3n) is 4.31. The van der Waals surface area contributed by atoms with Crippen LogP contribution in [0.25, 0.3) is 0 Å². The largest absolute Gasteiger partial charge is 0.326 e. The molecule has 1 saturated heterocycles. The number of carbonyl (C=O) groups excluding carboxylic acids is 3. The number of hydrogen-bond donors (Lipinski definition) is 2. The average molecular weight is 383 g/mol. The number of hydrogen-bond acceptors (Lipinski definition) is 4. The first kappa shape index (κ1) is 19.0. The van der Waals surface area contributed by atoms with Crippen LogP contribution < -0.4 is 15.5 Å². The third kappa shape index (κ3) is 4.68. The van der Waals surface area contributed by atoms with Crippen molar-refractivity contribution >= 4 is 46.5 Å². The Balaban J connectivity index is 1.69. The van der Waals surface area contributed by atoms with Gasteiger partial charge in [-0.1, -0.05) is 12.1 Å². The van der Waals surface area contributed by atoms with Crippen LogP contribution in [0.5, 0.6) is 0 Å². The van der Waals surface area contributed by atoms with Crippen molar-refractivity contribution in [2.24, 2.45) is 5.92 Å². The molecule has 0 bridgehead atoms. The molecule has 1 fully saturated rings. The number of benzene rings is 2. The van der Waals surface area contributed by atoms with Crippen LogP contribution in [0.4, 0.5) is 17.1 Å². The molecular weight excluding hydrogens is 362 g/mol. The molecule has 7 heteroatoms. The molecule has 0 unspecified atom stereocenters. The zero-order valence-electron chi connectivity index (χ0n) is 15.2. The molecule has 2 aromatic rings. The van der Waals surface area contributed by atoms with Crippen molar-refractivity contribution in [2.45, 2.75) is 18.2 Å². The molecule has 0 aliphatic carbocycles. The first-order valence-electron chi connectivity index (χ1n) is 8.59. The van der Waals surface area contributed by atoms with E-state index in [1.165, 1.54) is 6.92 Å². The number of amides is 3. The van der Waals surface area contributed by atoms with E-state index in [0.717, 1.165) is 10.6 Å². The van der Waals surface area contributed by atoms with Gasteiger partial charge in [-0.3, -0.25) is 14.4 Å². The van der Waals surface area contributed by atoms with E-state index in [1.807, 2.05) is 30.5 Å². The fraction of sp³-hybridized carbons (Fsp3) is 0.250. The Bertz CT molecular complexity index is 884. The second kappa shape index (κ2) is 8.26. The maximum Gasteiger partial charge on any atom is 0.229 e. The van der Waals surface area contributed by atoms with Gasteiger partial charge >= 0.3 is 0 Å². The summed E-state index contributed by atoms with van der Waals surface area (Å²) >= 11 is 1.60. The van der Waals surface area contributed by atoms with E-state index in [0.29, 0.717) is 17.9 Å². The highest BCUT2D eigenvalue weighted by Crippen LogP contribution is 2.28. The Morgan fingerprint density at radius 2 is 1.78 bits per heavy atom. The van der Waals surface area contributed by atoms with Gasteiger partial charge in [-0.15, -0.1) is 11.8 Å². The minimum absolute atomic E-state index is 0.104. The number of thioether (sulfide) groups is 1. The summed E-state index contributed by atoms with van der Waals surface area (Å²) in [5, 5.41) is 5.60. The predicted molar refractivity (Wildman–Crippen MR) is 108 cm³/mol. The Hall–Kier alpha value is -2.80. The van der Waals surface area contributed by atoms with Crippen LogP contribution >= 0.6 is 11.8 Å². The predicted octanol–water partition coefficient (Wildman–Crippen LogP) is 3.36. The van der Waals surface area contributed by atoms with Gasteiger partial charge in [0.05, 0.1) is 5.92 Å². The highest BCUT2D eigenvalue weighted by molar-refractivity contribution is 7.98. The van der Waals surface area contributed by atoms with Gasteiger partial charge in [-0.2, -0.15) is 0 Å². The van der Waals surface area contributed by atoms with Crippen LogP contribution in [0.1, 0.15) is 13.3 Å². The molecule has 0 aromatic heterocycles. The van der Waals surface area contributed by atoms with E-state index in [9.17, 15) is 14.4 Å². The van der Waals surface area contributed by atoms with Crippen molar-refractivity contribution in [3.8, 4) is 0 Å². The van der Waals surface area contributed by atoms with Crippen LogP contribution in [0.3, 0.4) is 0 Å². The standard InChI is InChI=1S/C20H21N3O3S/c1-13(24)21-15-5-3-7-17(10-15)23-12-14(9-19(23)25)20(26)22-16-6-4-8-18(11-16)27-2/h3-8,10-11,14H,9,12H2,1-2H3,(H,21,24)(H,22,26)/t14-/m1/s1. The maximum atomic E-state index is 12.6. The SMILES string of the molecule is CSc1cccc(NC(=O)[C@@H]2CC(=O)N(c3cccc(NC(C)=O)c3)C2)c1. The monoisotopic (exact) mass is 383 g/mol. The molecule has 1 heterocycles. The van der Waals surface area contributed by atoms with Crippen LogP contribution in [-0.4, -0.2) is 30.5 Å². The zero-order chi connectivity index (χ0) is 19.4. The van der Waals surface area contributed by atoms with Crippen LogP contribution in [0.15, 0.2) is 53.4 Å². The maximum absolute atomic E-state index is 12.6. The Morgan fingerprint density at radius 3 is 2.48 bits per heavy atom. The molecular formula is C20H21N3O3S. The molecule has 3 amide bonds. The quantitative estimate of drug-likeness (QED) is 0.776. The van der Waals surface area contributed by atoms with Crippen molar-refractivity contribution in [1.29, 1.82) is 0 Å². The molecule has 27 heavy (non-hydrogen) atoms. The molecule has 3 rings (SSSR count). The fourth-order valence-electron chi connectivity index (χ4n) is 3.03. The van der Waals surface area contributed by atoms with Gasteiger partial charge in [-0.05, 0) is 42.7 Å². The van der Waals surface area contributed by atoms with Crippen LogP contribution in [-0.2, 0) is 14.4 Å². The summed E-state index contributed by atoms with van der Waals surface area (Å²) in [6.07, 6.45) is 2.14. The number of nitrogens with one attached hydrogen (secondary N) is 2. The zero-order valence-corrected chi connectivity index (χ0v) is 16.0. The lowest BCUT2D eigenvalue weighted by Gasteiger charge is -2.18. The summed E-state index contributed by atoms with van der Waals surface area (Å²) in [7, 11) is 0. The summed E-state index contributed by atoms with van der Waals surface area (Å²) in [4.78, 5) is 38.9. The van der Waals surface area contributed by atoms with Gasteiger partial charge in [0.2, 0.25) is 17.7 Å². The fourth-order valence-corrected chi connectivity index (χ4v) is 3.49. The molecule has 0 radical (unpaired) electrons. The molecule has 2 aromatic carbocycles. The summed E-state index contributed by atoms with van der Waals surface area (Å²) in [6, 6.07) is 14.7. The molecule has 6 nitrogen and oxygen atoms in total. The van der Waals surface area contributed by atoms with Gasteiger partial charge in [0, 0.05) is 41.8 Å². The van der Waals surface area contributed by atoms with Crippen LogP contribution in [0.2, 0.25) is 0 Å². The molecule has 1 atom stereocenters. The molecule has 0 saturated carbocycles. The lowest BCUT2D eigenvalue weighted by atomic mass is 10.1. The lowest BCUT2D eigenvalue weighted by molar-refractivity contribution is -0.122. The first-order valence-corrected chi connectivity index (χ1v) is 9.81. The van der Waals surface area contributed by atoms with E-state index in [4.69, 9.17) is 0 Å². The van der Waals surface area contributed by atoms with Gasteiger partial charge < -0.3 is 15.5 Å². The van der Waals surface area contributed by atoms with Crippen LogP contribution in [0, 0.1) is 5.92 Å². The first-order chi connectivity index (χ1) is 13.0. The number of rotatable bonds is 5. The molecule has 2 N–H and O–H groups in total. The highest BCUT2D eigenvalue weighted by Gasteiger charge is 2.35. The van der Waals surface area contributed by atoms with Gasteiger partial charge in [0.1, 0.15) is 0 Å². The highest BCUT2D eigenvalue weighted by atomic mass is 32.2. The third-order valence-corrected chi connectivity index (χ3v) is 5.04. The second-order valence-corrected chi connectivity index (χ2v) is 7.24. The second-order valence-electron chi connectivity index (χ2n) is 6.36. The van der Waals surface area contributed by atoms with Crippen molar-refractivity contribution in [2.75, 3.05) is 28.3 Å². The van der Waals surface area contributed by atoms with E-state index >= 15 is 0 Å². The molecule has 0 spiro atoms. The van der Waals surface area contributed by atoms with E-state index in [1.54, 1.807) is 40.9 Å². The molecule has 1 aliphatic rings. The summed E-state index contributed by atoms with van der Waals surface area (Å²) in [6.45, 7) is 1.75. The van der Waals surface area contributed by atoms with Gasteiger partial charge in [0.15, 0.2) is 0 Å². The summed E-state index contributed by atoms with van der Waals surface area (Å²) in [5.41, 5.74) is 2.02. The Kier molecular flexibility index (Phi) is 5.81. The van der Waals surface area contributed by atoms with Crippen molar-refractivity contribution < 1.29 is 14.4 Å². The minimum Gasteiger partial charge on any atom is -0.326 e. The number of carbonyl (C=O) groups is 3. The summed E-state index contributed by atoms with van der Waals surface area (Å²) in [5.74, 6) is -0.861. The number of anilines is 3. The normalized spacial score (nSPS) is 16.3. The van der Waals surface area contributed by atoms with E-state index in [2.05, 4.69) is 10.6 Å². The van der Waals surface area contributed by atoms with E-state index in [-0.39, 0.29) is 24.1 Å². The van der Waals surface area contributed by atoms with Gasteiger partial charge in [0.25, 0.3) is 0 Å². The van der Waals surface area contributed by atoms with Crippen molar-refractivity contribution in [3.05, 3.63) is 48.5 Å². The molecule has 140 valence electrons. The molecule has 1 aliphatic heterocycles. The van der Waals surface area contributed by atoms with E-state index < -0.39 is 5.92 Å². The minimum atomic E-state index is -0.417. The Morgan fingerprint density at radius 1 is 1.07 bits per heavy atom. The lowest BCUT2D eigenvalue weighted by Crippen LogP contribution is -2.28.